The van der Waals surface area contributed by atoms with Crippen molar-refractivity contribution in [1.82, 2.24) is 19.9 Å². The van der Waals surface area contributed by atoms with Gasteiger partial charge in [-0.2, -0.15) is 0 Å². The van der Waals surface area contributed by atoms with Gasteiger partial charge in [0.15, 0.2) is 0 Å². The van der Waals surface area contributed by atoms with Crippen LogP contribution in [0, 0.1) is 5.82 Å². The number of carbonyl (C=O) groups excluding carboxylic acids is 1. The summed E-state index contributed by atoms with van der Waals surface area (Å²) < 4.78 is 20.0. The Balaban J connectivity index is 1.70. The maximum absolute atomic E-state index is 14.2. The van der Waals surface area contributed by atoms with Crippen LogP contribution in [0.15, 0.2) is 91.5 Å². The van der Waals surface area contributed by atoms with Crippen molar-refractivity contribution < 1.29 is 13.9 Å². The number of pyridine rings is 1. The number of hydrogen-bond donors (Lipinski definition) is 1. The second-order valence-corrected chi connectivity index (χ2v) is 11.0. The van der Waals surface area contributed by atoms with E-state index in [1.807, 2.05) is 63.2 Å². The zero-order valence-corrected chi connectivity index (χ0v) is 22.0. The first kappa shape index (κ1) is 25.6. The third-order valence-corrected chi connectivity index (χ3v) is 7.33. The van der Waals surface area contributed by atoms with E-state index in [2.05, 4.69) is 27.1 Å². The Labute approximate surface area is 222 Å². The van der Waals surface area contributed by atoms with Gasteiger partial charge in [0.25, 0.3) is 0 Å². The van der Waals surface area contributed by atoms with E-state index in [1.165, 1.54) is 17.7 Å². The number of H-pyrrole nitrogens is 1. The average Bonchev–Trinajstić information content (AvgIpc) is 3.44. The highest BCUT2D eigenvalue weighted by Gasteiger charge is 2.51. The first-order valence-corrected chi connectivity index (χ1v) is 12.9. The summed E-state index contributed by atoms with van der Waals surface area (Å²) in [4.78, 5) is 27.5. The van der Waals surface area contributed by atoms with E-state index >= 15 is 0 Å². The highest BCUT2D eigenvalue weighted by molar-refractivity contribution is 5.69. The molecule has 4 aromatic rings. The minimum Gasteiger partial charge on any atom is -0.444 e. The third-order valence-electron chi connectivity index (χ3n) is 7.33. The number of amides is 1. The molecule has 5 rings (SSSR count). The number of rotatable bonds is 5. The Kier molecular flexibility index (Phi) is 7.02. The molecule has 3 unspecified atom stereocenters. The van der Waals surface area contributed by atoms with Crippen molar-refractivity contribution in [2.75, 3.05) is 6.54 Å². The number of hydrogen-bond acceptors (Lipinski definition) is 4. The van der Waals surface area contributed by atoms with Crippen LogP contribution in [0.25, 0.3) is 0 Å². The molecule has 1 aliphatic heterocycles. The number of likely N-dealkylation sites (tertiary alicyclic amines) is 1. The second kappa shape index (κ2) is 10.4. The number of aromatic amines is 1. The molecule has 2 aromatic carbocycles. The molecule has 6 nitrogen and oxygen atoms in total. The quantitative estimate of drug-likeness (QED) is 0.327. The first-order valence-electron chi connectivity index (χ1n) is 12.9. The molecule has 3 atom stereocenters. The van der Waals surface area contributed by atoms with Gasteiger partial charge in [-0.05, 0) is 74.6 Å². The van der Waals surface area contributed by atoms with E-state index in [0.717, 1.165) is 11.1 Å². The summed E-state index contributed by atoms with van der Waals surface area (Å²) >= 11 is 0. The molecule has 0 radical (unpaired) electrons. The van der Waals surface area contributed by atoms with Crippen molar-refractivity contribution in [1.29, 1.82) is 0 Å². The Hall–Kier alpha value is -4.00. The summed E-state index contributed by atoms with van der Waals surface area (Å²) in [5.41, 5.74) is 2.12. The van der Waals surface area contributed by atoms with Gasteiger partial charge in [0.2, 0.25) is 0 Å². The number of halogens is 1. The first-order chi connectivity index (χ1) is 18.2. The van der Waals surface area contributed by atoms with Crippen molar-refractivity contribution in [3.8, 4) is 0 Å². The summed E-state index contributed by atoms with van der Waals surface area (Å²) in [6, 6.07) is 20.8. The molecule has 7 heteroatoms. The predicted molar refractivity (Wildman–Crippen MR) is 144 cm³/mol. The number of carbonyl (C=O) groups is 1. The minimum atomic E-state index is -0.646. The highest BCUT2D eigenvalue weighted by Crippen LogP contribution is 2.53. The van der Waals surface area contributed by atoms with E-state index in [-0.39, 0.29) is 23.9 Å². The monoisotopic (exact) mass is 512 g/mol. The number of nitrogens with one attached hydrogen (secondary N) is 1. The molecule has 3 heterocycles. The van der Waals surface area contributed by atoms with Crippen LogP contribution in [0.2, 0.25) is 0 Å². The lowest BCUT2D eigenvalue weighted by Crippen LogP contribution is -2.54. The summed E-state index contributed by atoms with van der Waals surface area (Å²) in [5.74, 6) is 0.302. The van der Waals surface area contributed by atoms with Gasteiger partial charge in [0.1, 0.15) is 17.2 Å². The normalized spacial score (nSPS) is 21.7. The smallest absolute Gasteiger partial charge is 0.410 e. The van der Waals surface area contributed by atoms with Gasteiger partial charge in [-0.1, -0.05) is 42.5 Å². The molecule has 1 amide bonds. The van der Waals surface area contributed by atoms with E-state index < -0.39 is 11.0 Å². The zero-order chi connectivity index (χ0) is 26.8. The van der Waals surface area contributed by atoms with Crippen molar-refractivity contribution in [2.24, 2.45) is 0 Å². The van der Waals surface area contributed by atoms with Crippen LogP contribution in [0.5, 0.6) is 0 Å². The number of imidazole rings is 1. The Bertz CT molecular complexity index is 1340. The Morgan fingerprint density at radius 1 is 1.05 bits per heavy atom. The molecule has 0 spiro atoms. The number of piperidine rings is 1. The fourth-order valence-corrected chi connectivity index (χ4v) is 5.70. The Morgan fingerprint density at radius 3 is 2.39 bits per heavy atom. The van der Waals surface area contributed by atoms with Gasteiger partial charge >= 0.3 is 6.09 Å². The molecule has 196 valence electrons. The maximum Gasteiger partial charge on any atom is 0.410 e. The summed E-state index contributed by atoms with van der Waals surface area (Å²) in [6.45, 7) is 6.01. The van der Waals surface area contributed by atoms with Crippen molar-refractivity contribution in [2.45, 2.75) is 56.6 Å². The summed E-state index contributed by atoms with van der Waals surface area (Å²) in [5, 5.41) is 0. The van der Waals surface area contributed by atoms with E-state index in [1.54, 1.807) is 29.7 Å². The van der Waals surface area contributed by atoms with Crippen LogP contribution in [-0.4, -0.2) is 38.1 Å². The van der Waals surface area contributed by atoms with Gasteiger partial charge in [-0.25, -0.2) is 14.2 Å². The number of nitrogens with zero attached hydrogens (tertiary/aromatic N) is 3. The molecule has 0 saturated carbocycles. The van der Waals surface area contributed by atoms with Gasteiger partial charge in [0, 0.05) is 42.7 Å². The molecule has 1 fully saturated rings. The van der Waals surface area contributed by atoms with Crippen LogP contribution < -0.4 is 0 Å². The van der Waals surface area contributed by atoms with Gasteiger partial charge in [-0.15, -0.1) is 0 Å². The minimum absolute atomic E-state index is 0.116. The van der Waals surface area contributed by atoms with Crippen LogP contribution in [0.1, 0.15) is 61.7 Å². The molecule has 1 saturated heterocycles. The lowest BCUT2D eigenvalue weighted by Gasteiger charge is -2.52. The second-order valence-electron chi connectivity index (χ2n) is 11.0. The molecular formula is C31H33FN4O2. The molecule has 1 N–H and O–H groups in total. The standard InChI is InChI=1S/C31H33FN4O2/c1-30(2,3)38-29(37)36-21-26(23-13-15-33-16-14-23)31(19-22-7-5-4-6-8-22,24-9-11-25(32)12-10-24)20-27(36)28-34-17-18-35-28/h4-18,26-27H,19-21H2,1-3H3,(H,34,35). The van der Waals surface area contributed by atoms with Crippen LogP contribution in [0.4, 0.5) is 9.18 Å². The van der Waals surface area contributed by atoms with Crippen LogP contribution >= 0.6 is 0 Å². The fourth-order valence-electron chi connectivity index (χ4n) is 5.70. The van der Waals surface area contributed by atoms with Crippen molar-refractivity contribution in [3.63, 3.8) is 0 Å². The van der Waals surface area contributed by atoms with Crippen LogP contribution in [0.3, 0.4) is 0 Å². The van der Waals surface area contributed by atoms with Crippen molar-refractivity contribution >= 4 is 6.09 Å². The molecule has 0 aliphatic carbocycles. The number of ether oxygens (including phenoxy) is 1. The summed E-state index contributed by atoms with van der Waals surface area (Å²) in [7, 11) is 0. The topological polar surface area (TPSA) is 71.1 Å². The van der Waals surface area contributed by atoms with Gasteiger partial charge < -0.3 is 9.72 Å². The Morgan fingerprint density at radius 2 is 1.76 bits per heavy atom. The molecular weight excluding hydrogens is 479 g/mol. The van der Waals surface area contributed by atoms with E-state index in [0.29, 0.717) is 25.2 Å². The fraction of sp³-hybridized carbons (Fsp3) is 0.323. The maximum atomic E-state index is 14.2. The zero-order valence-electron chi connectivity index (χ0n) is 22.0. The number of benzene rings is 2. The highest BCUT2D eigenvalue weighted by atomic mass is 19.1. The third kappa shape index (κ3) is 5.32. The van der Waals surface area contributed by atoms with Gasteiger partial charge in [-0.3, -0.25) is 9.88 Å². The van der Waals surface area contributed by atoms with E-state index in [4.69, 9.17) is 4.74 Å². The lowest BCUT2D eigenvalue weighted by molar-refractivity contribution is -0.00586. The largest absolute Gasteiger partial charge is 0.444 e. The lowest BCUT2D eigenvalue weighted by atomic mass is 9.59. The van der Waals surface area contributed by atoms with Crippen LogP contribution in [-0.2, 0) is 16.6 Å². The molecule has 38 heavy (non-hydrogen) atoms. The predicted octanol–water partition coefficient (Wildman–Crippen LogP) is 6.59. The SMILES string of the molecule is CC(C)(C)OC(=O)N1CC(c2ccncc2)C(Cc2ccccc2)(c2ccc(F)cc2)CC1c1ncc[nH]1. The number of aromatic nitrogens is 3. The molecule has 0 bridgehead atoms. The summed E-state index contributed by atoms with van der Waals surface area (Å²) in [6.07, 6.45) is 7.92. The average molecular weight is 513 g/mol. The molecule has 1 aliphatic rings. The van der Waals surface area contributed by atoms with E-state index in [9.17, 15) is 9.18 Å². The van der Waals surface area contributed by atoms with Crippen molar-refractivity contribution in [3.05, 3.63) is 120 Å². The van der Waals surface area contributed by atoms with Gasteiger partial charge in [0.05, 0.1) is 6.04 Å². The molecule has 2 aromatic heterocycles.